The van der Waals surface area contributed by atoms with Gasteiger partial charge in [-0.25, -0.2) is 9.78 Å². The van der Waals surface area contributed by atoms with Crippen LogP contribution >= 0.6 is 0 Å². The number of hydrogen-bond donors (Lipinski definition) is 1. The van der Waals surface area contributed by atoms with Gasteiger partial charge in [-0.2, -0.15) is 0 Å². The Morgan fingerprint density at radius 1 is 1.13 bits per heavy atom. The van der Waals surface area contributed by atoms with E-state index in [0.29, 0.717) is 19.0 Å². The summed E-state index contributed by atoms with van der Waals surface area (Å²) in [6.45, 7) is 7.08. The van der Waals surface area contributed by atoms with E-state index in [4.69, 9.17) is 9.47 Å². The van der Waals surface area contributed by atoms with Crippen LogP contribution in [0.25, 0.3) is 22.2 Å². The number of amides is 1. The molecular formula is C24H29N3O3. The largest absolute Gasteiger partial charge is 0.496 e. The summed E-state index contributed by atoms with van der Waals surface area (Å²) in [6.07, 6.45) is 3.40. The normalized spacial score (nSPS) is 15.4. The number of aromatic nitrogens is 2. The number of carbonyl (C=O) groups excluding carboxylic acids is 1. The van der Waals surface area contributed by atoms with Gasteiger partial charge in [0.25, 0.3) is 0 Å². The van der Waals surface area contributed by atoms with Crippen LogP contribution < -0.4 is 4.74 Å². The van der Waals surface area contributed by atoms with Crippen LogP contribution in [0, 0.1) is 0 Å². The number of rotatable bonds is 3. The lowest BCUT2D eigenvalue weighted by atomic mass is 9.93. The number of piperidine rings is 1. The molecule has 2 aromatic heterocycles. The van der Waals surface area contributed by atoms with Gasteiger partial charge >= 0.3 is 6.09 Å². The number of ether oxygens (including phenoxy) is 2. The summed E-state index contributed by atoms with van der Waals surface area (Å²) in [5.41, 5.74) is 3.74. The van der Waals surface area contributed by atoms with E-state index < -0.39 is 5.60 Å². The third-order valence-corrected chi connectivity index (χ3v) is 5.54. The van der Waals surface area contributed by atoms with Crippen molar-refractivity contribution in [2.75, 3.05) is 20.2 Å². The van der Waals surface area contributed by atoms with Gasteiger partial charge in [0.05, 0.1) is 7.11 Å². The van der Waals surface area contributed by atoms with Crippen molar-refractivity contribution >= 4 is 17.1 Å². The first-order valence-corrected chi connectivity index (χ1v) is 10.4. The Morgan fingerprint density at radius 3 is 2.57 bits per heavy atom. The van der Waals surface area contributed by atoms with Gasteiger partial charge in [-0.15, -0.1) is 0 Å². The summed E-state index contributed by atoms with van der Waals surface area (Å²) in [4.78, 5) is 22.2. The Morgan fingerprint density at radius 2 is 1.87 bits per heavy atom. The van der Waals surface area contributed by atoms with Gasteiger partial charge in [-0.1, -0.05) is 18.2 Å². The minimum atomic E-state index is -0.467. The van der Waals surface area contributed by atoms with Crippen LogP contribution in [0.2, 0.25) is 0 Å². The van der Waals surface area contributed by atoms with Gasteiger partial charge in [-0.3, -0.25) is 0 Å². The summed E-state index contributed by atoms with van der Waals surface area (Å²) in [5.74, 6) is 1.21. The van der Waals surface area contributed by atoms with Crippen molar-refractivity contribution in [2.45, 2.75) is 45.1 Å². The van der Waals surface area contributed by atoms with Gasteiger partial charge < -0.3 is 19.4 Å². The van der Waals surface area contributed by atoms with Crippen LogP contribution in [0.5, 0.6) is 5.75 Å². The maximum absolute atomic E-state index is 12.3. The fourth-order valence-corrected chi connectivity index (χ4v) is 4.07. The highest BCUT2D eigenvalue weighted by molar-refractivity contribution is 5.95. The fraction of sp³-hybridized carbons (Fsp3) is 0.417. The Kier molecular flexibility index (Phi) is 5.41. The molecule has 3 aromatic rings. The van der Waals surface area contributed by atoms with Gasteiger partial charge in [0, 0.05) is 41.8 Å². The van der Waals surface area contributed by atoms with Crippen LogP contribution in [0.4, 0.5) is 4.79 Å². The number of nitrogens with one attached hydrogen (secondary N) is 1. The zero-order valence-corrected chi connectivity index (χ0v) is 18.1. The number of hydrogen-bond acceptors (Lipinski definition) is 4. The number of carbonyl (C=O) groups is 1. The molecule has 1 N–H and O–H groups in total. The summed E-state index contributed by atoms with van der Waals surface area (Å²) in [5, 5.41) is 1.09. The first kappa shape index (κ1) is 20.3. The minimum Gasteiger partial charge on any atom is -0.496 e. The second kappa shape index (κ2) is 8.01. The Hall–Kier alpha value is -3.02. The molecule has 0 unspecified atom stereocenters. The number of para-hydroxylation sites is 1. The molecule has 0 spiro atoms. The number of aromatic amines is 1. The molecule has 1 fully saturated rings. The minimum absolute atomic E-state index is 0.224. The van der Waals surface area contributed by atoms with Gasteiger partial charge in [-0.05, 0) is 57.4 Å². The molecule has 6 nitrogen and oxygen atoms in total. The smallest absolute Gasteiger partial charge is 0.410 e. The predicted molar refractivity (Wildman–Crippen MR) is 118 cm³/mol. The van der Waals surface area contributed by atoms with Crippen LogP contribution in [-0.4, -0.2) is 46.8 Å². The van der Waals surface area contributed by atoms with E-state index in [2.05, 4.69) is 22.1 Å². The molecule has 1 aromatic carbocycles. The zero-order valence-electron chi connectivity index (χ0n) is 18.1. The molecule has 0 aliphatic carbocycles. The van der Waals surface area contributed by atoms with Crippen molar-refractivity contribution in [1.82, 2.24) is 14.9 Å². The lowest BCUT2D eigenvalue weighted by molar-refractivity contribution is 0.0204. The van der Waals surface area contributed by atoms with Gasteiger partial charge in [0.2, 0.25) is 0 Å². The van der Waals surface area contributed by atoms with E-state index in [1.165, 1.54) is 5.69 Å². The summed E-state index contributed by atoms with van der Waals surface area (Å²) in [7, 11) is 1.69. The zero-order chi connectivity index (χ0) is 21.3. The molecule has 6 heteroatoms. The lowest BCUT2D eigenvalue weighted by Crippen LogP contribution is -2.41. The fourth-order valence-electron chi connectivity index (χ4n) is 4.07. The van der Waals surface area contributed by atoms with Crippen molar-refractivity contribution in [3.8, 4) is 16.9 Å². The summed E-state index contributed by atoms with van der Waals surface area (Å²) < 4.78 is 11.1. The van der Waals surface area contributed by atoms with Crippen LogP contribution in [-0.2, 0) is 4.74 Å². The first-order valence-electron chi connectivity index (χ1n) is 10.4. The second-order valence-electron chi connectivity index (χ2n) is 8.79. The van der Waals surface area contributed by atoms with Crippen molar-refractivity contribution in [3.63, 3.8) is 0 Å². The molecule has 0 atom stereocenters. The number of fused-ring (bicyclic) bond motifs is 1. The number of likely N-dealkylation sites (tertiary alicyclic amines) is 1. The molecule has 1 aliphatic heterocycles. The summed E-state index contributed by atoms with van der Waals surface area (Å²) in [6, 6.07) is 12.3. The predicted octanol–water partition coefficient (Wildman–Crippen LogP) is 5.35. The second-order valence-corrected chi connectivity index (χ2v) is 8.79. The third-order valence-electron chi connectivity index (χ3n) is 5.54. The van der Waals surface area contributed by atoms with Crippen LogP contribution in [0.1, 0.15) is 45.2 Å². The van der Waals surface area contributed by atoms with Crippen molar-refractivity contribution in [3.05, 3.63) is 48.3 Å². The monoisotopic (exact) mass is 407 g/mol. The first-order chi connectivity index (χ1) is 14.4. The average molecular weight is 408 g/mol. The topological polar surface area (TPSA) is 67.5 Å². The van der Waals surface area contributed by atoms with E-state index in [1.54, 1.807) is 7.11 Å². The lowest BCUT2D eigenvalue weighted by Gasteiger charge is -2.33. The highest BCUT2D eigenvalue weighted by atomic mass is 16.6. The molecule has 0 radical (unpaired) electrons. The quantitative estimate of drug-likeness (QED) is 0.635. The van der Waals surface area contributed by atoms with Gasteiger partial charge in [0.15, 0.2) is 0 Å². The molecule has 1 aliphatic rings. The Labute approximate surface area is 177 Å². The van der Waals surface area contributed by atoms with E-state index >= 15 is 0 Å². The third kappa shape index (κ3) is 4.13. The number of H-pyrrole nitrogens is 1. The average Bonchev–Trinajstić information content (AvgIpc) is 3.17. The highest BCUT2D eigenvalue weighted by Gasteiger charge is 2.28. The standard InChI is InChI=1S/C24H29N3O3/c1-24(2,3)30-23(28)27-13-10-16(11-14-27)20-15-19-17(9-12-25-22(19)26-20)18-7-5-6-8-21(18)29-4/h5-9,12,15-16H,10-11,13-14H2,1-4H3,(H,25,26). The molecule has 158 valence electrons. The number of methoxy groups -OCH3 is 1. The van der Waals surface area contributed by atoms with Crippen LogP contribution in [0.3, 0.4) is 0 Å². The van der Waals surface area contributed by atoms with Crippen LogP contribution in [0.15, 0.2) is 42.6 Å². The molecule has 30 heavy (non-hydrogen) atoms. The Balaban J connectivity index is 1.55. The molecule has 0 saturated carbocycles. The van der Waals surface area contributed by atoms with E-state index in [0.717, 1.165) is 40.8 Å². The van der Waals surface area contributed by atoms with E-state index in [9.17, 15) is 4.79 Å². The number of pyridine rings is 1. The number of nitrogens with zero attached hydrogens (tertiary/aromatic N) is 2. The van der Waals surface area contributed by atoms with E-state index in [1.807, 2.05) is 56.1 Å². The molecule has 1 amide bonds. The molecule has 1 saturated heterocycles. The highest BCUT2D eigenvalue weighted by Crippen LogP contribution is 2.37. The SMILES string of the molecule is COc1ccccc1-c1ccnc2[nH]c(C3CCN(C(=O)OC(C)(C)C)CC3)cc12. The van der Waals surface area contributed by atoms with E-state index in [-0.39, 0.29) is 6.09 Å². The van der Waals surface area contributed by atoms with Crippen molar-refractivity contribution < 1.29 is 14.3 Å². The van der Waals surface area contributed by atoms with Crippen molar-refractivity contribution in [1.29, 1.82) is 0 Å². The molecular weight excluding hydrogens is 378 g/mol. The maximum atomic E-state index is 12.3. The van der Waals surface area contributed by atoms with Crippen molar-refractivity contribution in [2.24, 2.45) is 0 Å². The Bertz CT molecular complexity index is 1040. The number of benzene rings is 1. The molecule has 0 bridgehead atoms. The summed E-state index contributed by atoms with van der Waals surface area (Å²) >= 11 is 0. The molecule has 4 rings (SSSR count). The van der Waals surface area contributed by atoms with Gasteiger partial charge in [0.1, 0.15) is 17.0 Å². The maximum Gasteiger partial charge on any atom is 0.410 e. The molecule has 3 heterocycles.